The van der Waals surface area contributed by atoms with Gasteiger partial charge in [-0.1, -0.05) is 23.4 Å². The van der Waals surface area contributed by atoms with Crippen LogP contribution in [0.1, 0.15) is 6.92 Å². The van der Waals surface area contributed by atoms with Crippen LogP contribution in [0, 0.1) is 10.1 Å². The Balaban J connectivity index is 2.30. The molecule has 0 aromatic heterocycles. The largest absolute Gasteiger partial charge is 0.419 e. The molecule has 0 amide bonds. The van der Waals surface area contributed by atoms with Crippen LogP contribution >= 0.6 is 23.4 Å². The Hall–Kier alpha value is -2.05. The van der Waals surface area contributed by atoms with Gasteiger partial charge in [-0.25, -0.2) is 0 Å². The summed E-state index contributed by atoms with van der Waals surface area (Å²) in [5.74, 6) is -0.668. The molecule has 0 radical (unpaired) electrons. The van der Waals surface area contributed by atoms with Crippen molar-refractivity contribution in [1.29, 1.82) is 0 Å². The number of nitrogens with zero attached hydrogens (tertiary/aromatic N) is 1. The van der Waals surface area contributed by atoms with Gasteiger partial charge in [-0.3, -0.25) is 14.9 Å². The number of nitro benzene ring substituents is 1. The van der Waals surface area contributed by atoms with Crippen LogP contribution < -0.4 is 4.74 Å². The molecular formula is C14H10ClNO4S. The highest BCUT2D eigenvalue weighted by Gasteiger charge is 2.17. The molecule has 0 saturated heterocycles. The lowest BCUT2D eigenvalue weighted by Gasteiger charge is -2.06. The number of hydrogen-bond donors (Lipinski definition) is 0. The highest BCUT2D eigenvalue weighted by Crippen LogP contribution is 2.35. The van der Waals surface area contributed by atoms with Gasteiger partial charge in [-0.05, 0) is 30.3 Å². The van der Waals surface area contributed by atoms with Crippen LogP contribution in [0.15, 0.2) is 52.3 Å². The first-order chi connectivity index (χ1) is 9.95. The van der Waals surface area contributed by atoms with E-state index >= 15 is 0 Å². The summed E-state index contributed by atoms with van der Waals surface area (Å²) in [6, 6.07) is 11.6. The fourth-order valence-corrected chi connectivity index (χ4v) is 2.56. The Morgan fingerprint density at radius 3 is 2.38 bits per heavy atom. The van der Waals surface area contributed by atoms with E-state index in [1.54, 1.807) is 18.2 Å². The lowest BCUT2D eigenvalue weighted by Crippen LogP contribution is -2.04. The first-order valence-corrected chi connectivity index (χ1v) is 7.05. The zero-order chi connectivity index (χ0) is 15.4. The maximum atomic E-state index is 11.0. The summed E-state index contributed by atoms with van der Waals surface area (Å²) in [7, 11) is 0. The fraction of sp³-hybridized carbons (Fsp3) is 0.0714. The first-order valence-electron chi connectivity index (χ1n) is 5.86. The average Bonchev–Trinajstić information content (AvgIpc) is 2.40. The fourth-order valence-electron chi connectivity index (χ4n) is 1.58. The summed E-state index contributed by atoms with van der Waals surface area (Å²) in [5, 5.41) is 11.5. The Kier molecular flexibility index (Phi) is 4.82. The number of carbonyl (C=O) groups is 1. The summed E-state index contributed by atoms with van der Waals surface area (Å²) < 4.78 is 4.89. The summed E-state index contributed by atoms with van der Waals surface area (Å²) in [4.78, 5) is 23.0. The minimum absolute atomic E-state index is 0.0635. The van der Waals surface area contributed by atoms with Crippen LogP contribution in [-0.4, -0.2) is 10.9 Å². The molecule has 5 nitrogen and oxygen atoms in total. The van der Waals surface area contributed by atoms with Gasteiger partial charge < -0.3 is 4.74 Å². The van der Waals surface area contributed by atoms with Crippen LogP contribution in [0.5, 0.6) is 5.75 Å². The second-order valence-corrected chi connectivity index (χ2v) is 5.62. The predicted octanol–water partition coefficient (Wildman–Crippen LogP) is 4.32. The molecule has 21 heavy (non-hydrogen) atoms. The van der Waals surface area contributed by atoms with Gasteiger partial charge in [0, 0.05) is 33.9 Å². The minimum Gasteiger partial charge on any atom is -0.419 e. The van der Waals surface area contributed by atoms with Crippen molar-refractivity contribution < 1.29 is 14.5 Å². The molecule has 0 atom stereocenters. The van der Waals surface area contributed by atoms with Crippen LogP contribution in [0.4, 0.5) is 5.69 Å². The molecular weight excluding hydrogens is 314 g/mol. The lowest BCUT2D eigenvalue weighted by molar-refractivity contribution is -0.385. The van der Waals surface area contributed by atoms with Gasteiger partial charge in [0.2, 0.25) is 5.75 Å². The average molecular weight is 324 g/mol. The van der Waals surface area contributed by atoms with E-state index in [9.17, 15) is 14.9 Å². The molecule has 0 aliphatic heterocycles. The Morgan fingerprint density at radius 2 is 1.81 bits per heavy atom. The third-order valence-electron chi connectivity index (χ3n) is 2.43. The second-order valence-electron chi connectivity index (χ2n) is 4.04. The normalized spacial score (nSPS) is 10.2. The molecule has 0 unspecified atom stereocenters. The van der Waals surface area contributed by atoms with Crippen molar-refractivity contribution in [1.82, 2.24) is 0 Å². The topological polar surface area (TPSA) is 69.4 Å². The molecule has 0 N–H and O–H groups in total. The summed E-state index contributed by atoms with van der Waals surface area (Å²) >= 11 is 7.20. The molecule has 0 aliphatic rings. The molecule has 2 aromatic rings. The van der Waals surface area contributed by atoms with E-state index in [1.165, 1.54) is 30.8 Å². The molecule has 108 valence electrons. The van der Waals surface area contributed by atoms with E-state index in [0.717, 1.165) is 9.79 Å². The van der Waals surface area contributed by atoms with Crippen LogP contribution in [-0.2, 0) is 4.79 Å². The van der Waals surface area contributed by atoms with Crippen molar-refractivity contribution in [2.75, 3.05) is 0 Å². The second kappa shape index (κ2) is 6.60. The Labute approximate surface area is 130 Å². The van der Waals surface area contributed by atoms with Gasteiger partial charge >= 0.3 is 11.7 Å². The number of hydrogen-bond acceptors (Lipinski definition) is 5. The number of carbonyl (C=O) groups excluding carboxylic acids is 1. The summed E-state index contributed by atoms with van der Waals surface area (Å²) in [6.07, 6.45) is 0. The zero-order valence-corrected chi connectivity index (χ0v) is 12.5. The molecule has 0 aliphatic carbocycles. The van der Waals surface area contributed by atoms with Crippen molar-refractivity contribution in [2.24, 2.45) is 0 Å². The molecule has 7 heteroatoms. The number of rotatable bonds is 4. The highest BCUT2D eigenvalue weighted by atomic mass is 35.5. The maximum Gasteiger partial charge on any atom is 0.311 e. The molecule has 0 fully saturated rings. The standard InChI is InChI=1S/C14H10ClNO4S/c1-9(17)20-14-8-12(6-7-13(14)16(18)19)21-11-4-2-10(15)3-5-11/h2-8H,1H3. The maximum absolute atomic E-state index is 11.0. The zero-order valence-electron chi connectivity index (χ0n) is 10.9. The predicted molar refractivity (Wildman–Crippen MR) is 80.0 cm³/mol. The van der Waals surface area contributed by atoms with Crippen LogP contribution in [0.25, 0.3) is 0 Å². The summed E-state index contributed by atoms with van der Waals surface area (Å²) in [5.41, 5.74) is -0.245. The van der Waals surface area contributed by atoms with Gasteiger partial charge in [0.25, 0.3) is 0 Å². The van der Waals surface area contributed by atoms with Gasteiger partial charge in [0.1, 0.15) is 0 Å². The quantitative estimate of drug-likeness (QED) is 0.362. The minimum atomic E-state index is -0.605. The number of ether oxygens (including phenoxy) is 1. The Morgan fingerprint density at radius 1 is 1.19 bits per heavy atom. The van der Waals surface area contributed by atoms with Gasteiger partial charge in [0.05, 0.1) is 4.92 Å². The van der Waals surface area contributed by atoms with Crippen molar-refractivity contribution in [3.63, 3.8) is 0 Å². The first kappa shape index (κ1) is 15.3. The van der Waals surface area contributed by atoms with Crippen molar-refractivity contribution in [2.45, 2.75) is 16.7 Å². The van der Waals surface area contributed by atoms with E-state index in [0.29, 0.717) is 5.02 Å². The van der Waals surface area contributed by atoms with E-state index < -0.39 is 10.9 Å². The smallest absolute Gasteiger partial charge is 0.311 e. The van der Waals surface area contributed by atoms with E-state index in [-0.39, 0.29) is 11.4 Å². The highest BCUT2D eigenvalue weighted by molar-refractivity contribution is 7.99. The molecule has 0 saturated carbocycles. The lowest BCUT2D eigenvalue weighted by atomic mass is 10.3. The number of halogens is 1. The van der Waals surface area contributed by atoms with Crippen molar-refractivity contribution >= 4 is 35.0 Å². The van der Waals surface area contributed by atoms with Gasteiger partial charge in [0.15, 0.2) is 0 Å². The van der Waals surface area contributed by atoms with Crippen molar-refractivity contribution in [3.8, 4) is 5.75 Å². The molecule has 0 heterocycles. The van der Waals surface area contributed by atoms with Gasteiger partial charge in [-0.15, -0.1) is 0 Å². The number of nitro groups is 1. The summed E-state index contributed by atoms with van der Waals surface area (Å²) in [6.45, 7) is 1.20. The van der Waals surface area contributed by atoms with E-state index in [4.69, 9.17) is 16.3 Å². The SMILES string of the molecule is CC(=O)Oc1cc(Sc2ccc(Cl)cc2)ccc1[N+](=O)[O-]. The van der Waals surface area contributed by atoms with Gasteiger partial charge in [-0.2, -0.15) is 0 Å². The number of benzene rings is 2. The third-order valence-corrected chi connectivity index (χ3v) is 3.68. The number of esters is 1. The molecule has 2 rings (SSSR count). The van der Waals surface area contributed by atoms with E-state index in [2.05, 4.69) is 0 Å². The third kappa shape index (κ3) is 4.21. The van der Waals surface area contributed by atoms with Crippen molar-refractivity contribution in [3.05, 3.63) is 57.6 Å². The van der Waals surface area contributed by atoms with Crippen LogP contribution in [0.3, 0.4) is 0 Å². The monoisotopic (exact) mass is 323 g/mol. The van der Waals surface area contributed by atoms with E-state index in [1.807, 2.05) is 12.1 Å². The Bertz CT molecular complexity index is 688. The van der Waals surface area contributed by atoms with Crippen LogP contribution in [0.2, 0.25) is 5.02 Å². The molecule has 0 bridgehead atoms. The molecule has 0 spiro atoms. The molecule has 2 aromatic carbocycles.